The van der Waals surface area contributed by atoms with E-state index < -0.39 is 11.5 Å². The second-order valence-corrected chi connectivity index (χ2v) is 10.0. The number of rotatable bonds is 3. The number of para-hydroxylation sites is 3. The molecule has 2 heterocycles. The maximum Gasteiger partial charge on any atom is 0.235 e. The molecular weight excluding hydrogens is 438 g/mol. The summed E-state index contributed by atoms with van der Waals surface area (Å²) in [6.45, 7) is 0.510. The Hall–Kier alpha value is -3.31. The maximum atomic E-state index is 14.6. The molecule has 6 rings (SSSR count). The molecule has 1 saturated heterocycles. The molecule has 35 heavy (non-hydrogen) atoms. The fourth-order valence-corrected chi connectivity index (χ4v) is 6.57. The molecule has 0 aromatic heterocycles. The van der Waals surface area contributed by atoms with Crippen molar-refractivity contribution in [3.05, 3.63) is 89.5 Å². The van der Waals surface area contributed by atoms with E-state index in [4.69, 9.17) is 9.47 Å². The predicted octanol–water partition coefficient (Wildman–Crippen LogP) is 5.83. The van der Waals surface area contributed by atoms with Gasteiger partial charge < -0.3 is 19.5 Å². The van der Waals surface area contributed by atoms with E-state index in [1.165, 1.54) is 0 Å². The van der Waals surface area contributed by atoms with Gasteiger partial charge in [0.1, 0.15) is 17.2 Å². The van der Waals surface area contributed by atoms with Crippen LogP contribution < -0.4 is 9.47 Å². The van der Waals surface area contributed by atoms with Crippen molar-refractivity contribution in [3.8, 4) is 17.2 Å². The highest BCUT2D eigenvalue weighted by Gasteiger charge is 2.52. The molecule has 180 valence electrons. The maximum absolute atomic E-state index is 14.6. The Bertz CT molecular complexity index is 1210. The van der Waals surface area contributed by atoms with Crippen molar-refractivity contribution in [2.75, 3.05) is 13.7 Å². The van der Waals surface area contributed by atoms with Crippen molar-refractivity contribution in [3.63, 3.8) is 0 Å². The molecule has 1 saturated carbocycles. The molecule has 0 bridgehead atoms. The second kappa shape index (κ2) is 8.72. The van der Waals surface area contributed by atoms with Crippen molar-refractivity contribution in [2.24, 2.45) is 5.92 Å². The zero-order valence-corrected chi connectivity index (χ0v) is 20.0. The van der Waals surface area contributed by atoms with Gasteiger partial charge in [-0.2, -0.15) is 0 Å². The van der Waals surface area contributed by atoms with Gasteiger partial charge in [0.15, 0.2) is 0 Å². The number of hydrogen-bond donors (Lipinski definition) is 1. The van der Waals surface area contributed by atoms with Crippen LogP contribution in [0.25, 0.3) is 0 Å². The van der Waals surface area contributed by atoms with E-state index in [2.05, 4.69) is 6.07 Å². The van der Waals surface area contributed by atoms with Crippen LogP contribution in [0.4, 0.5) is 0 Å². The number of amides is 1. The van der Waals surface area contributed by atoms with E-state index in [0.717, 1.165) is 59.6 Å². The molecule has 0 unspecified atom stereocenters. The lowest BCUT2D eigenvalue weighted by molar-refractivity contribution is -0.156. The highest BCUT2D eigenvalue weighted by atomic mass is 16.5. The third kappa shape index (κ3) is 3.61. The molecule has 2 fully saturated rings. The molecule has 0 spiro atoms. The number of ether oxygens (including phenoxy) is 2. The van der Waals surface area contributed by atoms with Crippen molar-refractivity contribution in [1.82, 2.24) is 4.90 Å². The summed E-state index contributed by atoms with van der Waals surface area (Å²) in [5.74, 6) is 1.78. The van der Waals surface area contributed by atoms with Crippen LogP contribution in [0.5, 0.6) is 17.2 Å². The topological polar surface area (TPSA) is 59.0 Å². The van der Waals surface area contributed by atoms with Crippen LogP contribution in [0.1, 0.15) is 60.8 Å². The summed E-state index contributed by atoms with van der Waals surface area (Å²) in [6.07, 6.45) is 4.36. The van der Waals surface area contributed by atoms with Crippen LogP contribution in [0.2, 0.25) is 0 Å². The lowest BCUT2D eigenvalue weighted by Gasteiger charge is -2.53. The molecule has 0 radical (unpaired) electrons. The van der Waals surface area contributed by atoms with Gasteiger partial charge in [-0.3, -0.25) is 4.79 Å². The van der Waals surface area contributed by atoms with Gasteiger partial charge in [0, 0.05) is 29.2 Å². The first kappa shape index (κ1) is 22.2. The molecule has 3 atom stereocenters. The van der Waals surface area contributed by atoms with E-state index >= 15 is 0 Å². The van der Waals surface area contributed by atoms with Crippen molar-refractivity contribution >= 4 is 5.91 Å². The minimum atomic E-state index is -0.758. The first-order valence-electron chi connectivity index (χ1n) is 12.6. The van der Waals surface area contributed by atoms with Gasteiger partial charge in [0.05, 0.1) is 24.7 Å². The Kier molecular flexibility index (Phi) is 5.53. The normalized spacial score (nSPS) is 25.6. The monoisotopic (exact) mass is 469 g/mol. The molecule has 1 N–H and O–H groups in total. The standard InChI is InChI=1S/C30H31NO4/c1-34-24-14-5-4-12-22(24)28-23-13-8-9-17-30(23,33)18-19-31(28)29(32)27-20-10-2-6-15-25(20)35-26-16-7-3-11-21(26)27/h2-7,10-12,14-16,23,27-28,33H,8-9,13,17-19H2,1H3/t23-,28+,30-/m0/s1. The highest BCUT2D eigenvalue weighted by molar-refractivity contribution is 5.90. The SMILES string of the molecule is COc1ccccc1[C@@H]1[C@@H]2CCCC[C@]2(O)CCN1C(=O)C1c2ccccc2Oc2ccccc21. The Labute approximate surface area is 206 Å². The number of nitrogens with zero attached hydrogens (tertiary/aromatic N) is 1. The second-order valence-electron chi connectivity index (χ2n) is 10.0. The molecule has 1 aliphatic carbocycles. The molecule has 5 heteroatoms. The number of likely N-dealkylation sites (tertiary alicyclic amines) is 1. The molecule has 3 aromatic rings. The van der Waals surface area contributed by atoms with Gasteiger partial charge in [0.2, 0.25) is 5.91 Å². The van der Waals surface area contributed by atoms with Crippen molar-refractivity contribution < 1.29 is 19.4 Å². The van der Waals surface area contributed by atoms with Crippen molar-refractivity contribution in [1.29, 1.82) is 0 Å². The first-order chi connectivity index (χ1) is 17.1. The fraction of sp³-hybridized carbons (Fsp3) is 0.367. The molecule has 2 aliphatic heterocycles. The Balaban J connectivity index is 1.48. The zero-order chi connectivity index (χ0) is 24.0. The number of aliphatic hydroxyl groups is 1. The van der Waals surface area contributed by atoms with E-state index in [0.29, 0.717) is 13.0 Å². The first-order valence-corrected chi connectivity index (χ1v) is 12.6. The number of hydrogen-bond acceptors (Lipinski definition) is 4. The lowest BCUT2D eigenvalue weighted by Crippen LogP contribution is -2.57. The summed E-state index contributed by atoms with van der Waals surface area (Å²) in [4.78, 5) is 16.6. The zero-order valence-electron chi connectivity index (χ0n) is 20.0. The third-order valence-electron chi connectivity index (χ3n) is 8.24. The van der Waals surface area contributed by atoms with E-state index in [-0.39, 0.29) is 17.9 Å². The Morgan fingerprint density at radius 3 is 2.23 bits per heavy atom. The molecule has 5 nitrogen and oxygen atoms in total. The van der Waals surface area contributed by atoms with Crippen LogP contribution in [-0.4, -0.2) is 35.2 Å². The summed E-state index contributed by atoms with van der Waals surface area (Å²) in [5.41, 5.74) is 1.99. The minimum Gasteiger partial charge on any atom is -0.496 e. The molecule has 1 amide bonds. The summed E-state index contributed by atoms with van der Waals surface area (Å²) >= 11 is 0. The average Bonchev–Trinajstić information content (AvgIpc) is 2.90. The minimum absolute atomic E-state index is 0.0319. The van der Waals surface area contributed by atoms with E-state index in [1.54, 1.807) is 7.11 Å². The number of fused-ring (bicyclic) bond motifs is 3. The Morgan fingerprint density at radius 1 is 0.914 bits per heavy atom. The number of methoxy groups -OCH3 is 1. The highest BCUT2D eigenvalue weighted by Crippen LogP contribution is 2.53. The molecule has 3 aliphatic rings. The fourth-order valence-electron chi connectivity index (χ4n) is 6.57. The van der Waals surface area contributed by atoms with Crippen LogP contribution in [-0.2, 0) is 4.79 Å². The van der Waals surface area contributed by atoms with Gasteiger partial charge in [0.25, 0.3) is 0 Å². The quantitative estimate of drug-likeness (QED) is 0.525. The lowest BCUT2D eigenvalue weighted by atomic mass is 9.65. The number of benzene rings is 3. The van der Waals surface area contributed by atoms with Crippen molar-refractivity contribution in [2.45, 2.75) is 49.7 Å². The largest absolute Gasteiger partial charge is 0.496 e. The van der Waals surface area contributed by atoms with Gasteiger partial charge in [-0.15, -0.1) is 0 Å². The number of carbonyl (C=O) groups is 1. The summed E-state index contributed by atoms with van der Waals surface area (Å²) < 4.78 is 11.9. The van der Waals surface area contributed by atoms with Gasteiger partial charge in [-0.1, -0.05) is 67.4 Å². The van der Waals surface area contributed by atoms with Crippen LogP contribution in [0.3, 0.4) is 0 Å². The number of carbonyl (C=O) groups excluding carboxylic acids is 1. The summed E-state index contributed by atoms with van der Waals surface area (Å²) in [5, 5.41) is 11.7. The summed E-state index contributed by atoms with van der Waals surface area (Å²) in [6, 6.07) is 23.4. The van der Waals surface area contributed by atoms with Crippen LogP contribution in [0.15, 0.2) is 72.8 Å². The smallest absolute Gasteiger partial charge is 0.235 e. The van der Waals surface area contributed by atoms with Gasteiger partial charge in [-0.25, -0.2) is 0 Å². The van der Waals surface area contributed by atoms with E-state index in [9.17, 15) is 9.90 Å². The third-order valence-corrected chi connectivity index (χ3v) is 8.24. The molecular formula is C30H31NO4. The molecule has 3 aromatic carbocycles. The van der Waals surface area contributed by atoms with Crippen LogP contribution in [0, 0.1) is 5.92 Å². The van der Waals surface area contributed by atoms with Crippen LogP contribution >= 0.6 is 0 Å². The predicted molar refractivity (Wildman–Crippen MR) is 134 cm³/mol. The van der Waals surface area contributed by atoms with Gasteiger partial charge >= 0.3 is 0 Å². The number of piperidine rings is 1. The Morgan fingerprint density at radius 2 is 1.54 bits per heavy atom. The average molecular weight is 470 g/mol. The van der Waals surface area contributed by atoms with Gasteiger partial charge in [-0.05, 0) is 37.5 Å². The van der Waals surface area contributed by atoms with E-state index in [1.807, 2.05) is 71.6 Å². The summed E-state index contributed by atoms with van der Waals surface area (Å²) in [7, 11) is 1.67.